The molecule has 1 fully saturated rings. The number of hydrogen-bond donors (Lipinski definition) is 1. The average molecular weight is 255 g/mol. The van der Waals surface area contributed by atoms with E-state index in [2.05, 4.69) is 63.7 Å². The molecule has 2 atom stereocenters. The summed E-state index contributed by atoms with van der Waals surface area (Å²) < 4.78 is 0. The zero-order chi connectivity index (χ0) is 13.9. The number of nitrogens with one attached hydrogen (secondary N) is 1. The van der Waals surface area contributed by atoms with Crippen molar-refractivity contribution in [2.24, 2.45) is 5.92 Å². The third-order valence-corrected chi connectivity index (χ3v) is 3.92. The molecule has 1 aliphatic heterocycles. The van der Waals surface area contributed by atoms with E-state index in [9.17, 15) is 0 Å². The van der Waals surface area contributed by atoms with Crippen molar-refractivity contribution in [2.45, 2.75) is 59.2 Å². The van der Waals surface area contributed by atoms with E-state index in [1.165, 1.54) is 19.6 Å². The summed E-state index contributed by atoms with van der Waals surface area (Å²) in [7, 11) is 2.23. The van der Waals surface area contributed by atoms with Crippen LogP contribution in [0.4, 0.5) is 0 Å². The van der Waals surface area contributed by atoms with Crippen LogP contribution in [0.1, 0.15) is 41.5 Å². The van der Waals surface area contributed by atoms with Crippen molar-refractivity contribution in [1.82, 2.24) is 15.1 Å². The summed E-state index contributed by atoms with van der Waals surface area (Å²) in [5, 5.41) is 3.68. The van der Waals surface area contributed by atoms with Crippen molar-refractivity contribution >= 4 is 0 Å². The highest BCUT2D eigenvalue weighted by molar-refractivity contribution is 4.87. The number of hydrogen-bond acceptors (Lipinski definition) is 3. The molecular formula is C15H33N3. The van der Waals surface area contributed by atoms with Gasteiger partial charge >= 0.3 is 0 Å². The molecule has 0 bridgehead atoms. The van der Waals surface area contributed by atoms with Crippen molar-refractivity contribution in [2.75, 3.05) is 33.2 Å². The molecule has 0 saturated carbocycles. The molecule has 1 rings (SSSR count). The molecule has 18 heavy (non-hydrogen) atoms. The van der Waals surface area contributed by atoms with E-state index in [0.29, 0.717) is 18.0 Å². The highest BCUT2D eigenvalue weighted by Crippen LogP contribution is 2.18. The van der Waals surface area contributed by atoms with Gasteiger partial charge in [-0.2, -0.15) is 0 Å². The van der Waals surface area contributed by atoms with Gasteiger partial charge in [0.05, 0.1) is 0 Å². The zero-order valence-electron chi connectivity index (χ0n) is 13.5. The molecule has 108 valence electrons. The first-order valence-corrected chi connectivity index (χ1v) is 7.40. The second-order valence-electron chi connectivity index (χ2n) is 7.29. The van der Waals surface area contributed by atoms with Gasteiger partial charge in [0.25, 0.3) is 0 Å². The largest absolute Gasteiger partial charge is 0.311 e. The summed E-state index contributed by atoms with van der Waals surface area (Å²) in [6.07, 6.45) is 0. The summed E-state index contributed by atoms with van der Waals surface area (Å²) in [6.45, 7) is 18.5. The smallest absolute Gasteiger partial charge is 0.0247 e. The fourth-order valence-corrected chi connectivity index (χ4v) is 2.79. The molecule has 2 unspecified atom stereocenters. The summed E-state index contributed by atoms with van der Waals surface area (Å²) in [6, 6.07) is 1.31. The Morgan fingerprint density at radius 2 is 1.83 bits per heavy atom. The van der Waals surface area contributed by atoms with Crippen LogP contribution in [0.2, 0.25) is 0 Å². The monoisotopic (exact) mass is 255 g/mol. The lowest BCUT2D eigenvalue weighted by Gasteiger charge is -2.45. The molecule has 0 amide bonds. The molecule has 3 nitrogen and oxygen atoms in total. The van der Waals surface area contributed by atoms with Crippen molar-refractivity contribution in [3.05, 3.63) is 0 Å². The maximum atomic E-state index is 3.68. The lowest BCUT2D eigenvalue weighted by Crippen LogP contribution is -2.59. The van der Waals surface area contributed by atoms with Crippen LogP contribution in [0.15, 0.2) is 0 Å². The number of rotatable bonds is 4. The van der Waals surface area contributed by atoms with Gasteiger partial charge in [0.15, 0.2) is 0 Å². The Balaban J connectivity index is 2.61. The standard InChI is InChI=1S/C15H33N3/c1-12(2)14(10-16-15(4,5)6)18-9-8-17(7)11-13(18)3/h12-14,16H,8-11H2,1-7H3. The van der Waals surface area contributed by atoms with Gasteiger partial charge in [-0.1, -0.05) is 13.8 Å². The Kier molecular flexibility index (Phi) is 5.63. The molecule has 1 aliphatic rings. The van der Waals surface area contributed by atoms with Crippen LogP contribution in [-0.4, -0.2) is 60.6 Å². The Labute approximate surface area is 114 Å². The van der Waals surface area contributed by atoms with Crippen LogP contribution in [0.5, 0.6) is 0 Å². The van der Waals surface area contributed by atoms with Gasteiger partial charge < -0.3 is 10.2 Å². The predicted molar refractivity (Wildman–Crippen MR) is 80.0 cm³/mol. The quantitative estimate of drug-likeness (QED) is 0.829. The minimum absolute atomic E-state index is 0.211. The van der Waals surface area contributed by atoms with Crippen LogP contribution in [-0.2, 0) is 0 Å². The molecule has 0 aliphatic carbocycles. The number of likely N-dealkylation sites (N-methyl/N-ethyl adjacent to an activating group) is 1. The normalized spacial score (nSPS) is 25.7. The van der Waals surface area contributed by atoms with Gasteiger partial charge in [0.1, 0.15) is 0 Å². The van der Waals surface area contributed by atoms with Gasteiger partial charge in [-0.15, -0.1) is 0 Å². The van der Waals surface area contributed by atoms with Crippen LogP contribution in [0.3, 0.4) is 0 Å². The van der Waals surface area contributed by atoms with Gasteiger partial charge in [0, 0.05) is 43.8 Å². The van der Waals surface area contributed by atoms with Crippen LogP contribution in [0.25, 0.3) is 0 Å². The summed E-state index contributed by atoms with van der Waals surface area (Å²) >= 11 is 0. The second kappa shape index (κ2) is 6.36. The van der Waals surface area contributed by atoms with E-state index >= 15 is 0 Å². The molecule has 1 saturated heterocycles. The molecule has 0 aromatic heterocycles. The maximum Gasteiger partial charge on any atom is 0.0247 e. The third kappa shape index (κ3) is 4.87. The minimum Gasteiger partial charge on any atom is -0.311 e. The molecule has 1 N–H and O–H groups in total. The molecule has 0 aromatic rings. The first kappa shape index (κ1) is 15.9. The molecule has 1 heterocycles. The van der Waals surface area contributed by atoms with Crippen molar-refractivity contribution < 1.29 is 0 Å². The minimum atomic E-state index is 0.211. The van der Waals surface area contributed by atoms with Gasteiger partial charge in [-0.25, -0.2) is 0 Å². The molecule has 0 radical (unpaired) electrons. The molecule has 3 heteroatoms. The fourth-order valence-electron chi connectivity index (χ4n) is 2.79. The number of nitrogens with zero attached hydrogens (tertiary/aromatic N) is 2. The molecule has 0 spiro atoms. The fraction of sp³-hybridized carbons (Fsp3) is 1.00. The summed E-state index contributed by atoms with van der Waals surface area (Å²) in [5.41, 5.74) is 0.211. The van der Waals surface area contributed by atoms with Crippen LogP contribution in [0, 0.1) is 5.92 Å². The molecular weight excluding hydrogens is 222 g/mol. The van der Waals surface area contributed by atoms with E-state index in [0.717, 1.165) is 6.54 Å². The van der Waals surface area contributed by atoms with E-state index in [1.54, 1.807) is 0 Å². The van der Waals surface area contributed by atoms with Gasteiger partial charge in [-0.05, 0) is 40.7 Å². The SMILES string of the molecule is CC(C)C(CNC(C)(C)C)N1CCN(C)CC1C. The van der Waals surface area contributed by atoms with Crippen molar-refractivity contribution in [3.8, 4) is 0 Å². The van der Waals surface area contributed by atoms with E-state index in [4.69, 9.17) is 0 Å². The first-order valence-electron chi connectivity index (χ1n) is 7.40. The summed E-state index contributed by atoms with van der Waals surface area (Å²) in [5.74, 6) is 0.700. The maximum absolute atomic E-state index is 3.68. The lowest BCUT2D eigenvalue weighted by atomic mass is 9.97. The van der Waals surface area contributed by atoms with E-state index in [-0.39, 0.29) is 5.54 Å². The highest BCUT2D eigenvalue weighted by Gasteiger charge is 2.30. The average Bonchev–Trinajstić information content (AvgIpc) is 2.18. The number of piperazine rings is 1. The van der Waals surface area contributed by atoms with Crippen molar-refractivity contribution in [1.29, 1.82) is 0 Å². The highest BCUT2D eigenvalue weighted by atomic mass is 15.3. The predicted octanol–water partition coefficient (Wildman–Crippen LogP) is 2.04. The van der Waals surface area contributed by atoms with E-state index < -0.39 is 0 Å². The Morgan fingerprint density at radius 3 is 2.28 bits per heavy atom. The Hall–Kier alpha value is -0.120. The van der Waals surface area contributed by atoms with Gasteiger partial charge in [-0.3, -0.25) is 4.90 Å². The van der Waals surface area contributed by atoms with Crippen LogP contribution < -0.4 is 5.32 Å². The topological polar surface area (TPSA) is 18.5 Å². The van der Waals surface area contributed by atoms with Crippen molar-refractivity contribution in [3.63, 3.8) is 0 Å². The Morgan fingerprint density at radius 1 is 1.22 bits per heavy atom. The van der Waals surface area contributed by atoms with Crippen LogP contribution >= 0.6 is 0 Å². The Bertz CT molecular complexity index is 245. The molecule has 0 aromatic carbocycles. The summed E-state index contributed by atoms with van der Waals surface area (Å²) in [4.78, 5) is 5.14. The third-order valence-electron chi connectivity index (χ3n) is 3.92. The second-order valence-corrected chi connectivity index (χ2v) is 7.29. The van der Waals surface area contributed by atoms with E-state index in [1.807, 2.05) is 0 Å². The first-order chi connectivity index (χ1) is 8.20. The zero-order valence-corrected chi connectivity index (χ0v) is 13.5. The lowest BCUT2D eigenvalue weighted by molar-refractivity contribution is 0.0398. The van der Waals surface area contributed by atoms with Gasteiger partial charge in [0.2, 0.25) is 0 Å².